The maximum atomic E-state index is 12.5. The molecule has 6 nitrogen and oxygen atoms in total. The minimum Gasteiger partial charge on any atom is -0.295 e. The Balaban J connectivity index is 2.18. The number of hydrogen-bond acceptors (Lipinski definition) is 3. The molecule has 1 fully saturated rings. The van der Waals surface area contributed by atoms with Crippen LogP contribution in [0, 0.1) is 0 Å². The Hall–Kier alpha value is -2.63. The zero-order valence-electron chi connectivity index (χ0n) is 12.5. The summed E-state index contributed by atoms with van der Waals surface area (Å²) in [6.07, 6.45) is 4.47. The van der Waals surface area contributed by atoms with Gasteiger partial charge in [-0.1, -0.05) is 18.2 Å². The number of benzene rings is 1. The van der Waals surface area contributed by atoms with Gasteiger partial charge < -0.3 is 0 Å². The summed E-state index contributed by atoms with van der Waals surface area (Å²) in [5, 5.41) is 2.30. The van der Waals surface area contributed by atoms with E-state index in [0.29, 0.717) is 11.9 Å². The van der Waals surface area contributed by atoms with Crippen LogP contribution >= 0.6 is 0 Å². The number of piperidine rings is 1. The molecule has 0 radical (unpaired) electrons. The molecular formula is C16H17N3O3. The maximum absolute atomic E-state index is 12.5. The van der Waals surface area contributed by atoms with Crippen molar-refractivity contribution in [2.75, 3.05) is 0 Å². The van der Waals surface area contributed by atoms with Gasteiger partial charge in [0.2, 0.25) is 11.8 Å². The Labute approximate surface area is 127 Å². The molecule has 1 unspecified atom stereocenters. The summed E-state index contributed by atoms with van der Waals surface area (Å²) < 4.78 is 3.02. The highest BCUT2D eigenvalue weighted by Crippen LogP contribution is 2.23. The highest BCUT2D eigenvalue weighted by atomic mass is 16.2. The number of aromatic nitrogens is 2. The first-order valence-corrected chi connectivity index (χ1v) is 7.20. The summed E-state index contributed by atoms with van der Waals surface area (Å²) >= 11 is 0. The molecule has 1 aromatic carbocycles. The molecule has 2 aromatic rings. The number of imide groups is 1. The van der Waals surface area contributed by atoms with E-state index in [1.54, 1.807) is 7.05 Å². The molecule has 1 aromatic heterocycles. The molecule has 0 aliphatic carbocycles. The molecule has 1 aliphatic heterocycles. The van der Waals surface area contributed by atoms with Crippen molar-refractivity contribution >= 4 is 28.9 Å². The fourth-order valence-electron chi connectivity index (χ4n) is 2.91. The topological polar surface area (TPSA) is 73.1 Å². The molecule has 0 bridgehead atoms. The number of amides is 2. The molecule has 1 saturated heterocycles. The first kappa shape index (κ1) is 14.3. The van der Waals surface area contributed by atoms with Crippen molar-refractivity contribution in [2.24, 2.45) is 7.05 Å². The van der Waals surface area contributed by atoms with E-state index in [9.17, 15) is 14.4 Å². The molecule has 1 aliphatic rings. The molecule has 3 rings (SSSR count). The molecule has 22 heavy (non-hydrogen) atoms. The Morgan fingerprint density at radius 3 is 2.68 bits per heavy atom. The zero-order chi connectivity index (χ0) is 15.9. The van der Waals surface area contributed by atoms with Crippen LogP contribution in [0.4, 0.5) is 0 Å². The van der Waals surface area contributed by atoms with Gasteiger partial charge >= 0.3 is 5.69 Å². The summed E-state index contributed by atoms with van der Waals surface area (Å²) in [4.78, 5) is 35.9. The molecule has 114 valence electrons. The summed E-state index contributed by atoms with van der Waals surface area (Å²) in [5.74, 6) is -0.701. The van der Waals surface area contributed by atoms with Gasteiger partial charge in [0, 0.05) is 13.5 Å². The molecule has 1 atom stereocenters. The molecule has 1 N–H and O–H groups in total. The van der Waals surface area contributed by atoms with Gasteiger partial charge in [0.25, 0.3) is 0 Å². The monoisotopic (exact) mass is 299 g/mol. The fourth-order valence-corrected chi connectivity index (χ4v) is 2.91. The normalized spacial score (nSPS) is 19.1. The van der Waals surface area contributed by atoms with Gasteiger partial charge in [-0.05, 0) is 31.0 Å². The summed E-state index contributed by atoms with van der Waals surface area (Å²) in [6, 6.07) is 5.03. The number of imidazole rings is 1. The fraction of sp³-hybridized carbons (Fsp3) is 0.312. The number of nitrogens with zero attached hydrogens (tertiary/aromatic N) is 2. The quantitative estimate of drug-likeness (QED) is 0.851. The third-order valence-corrected chi connectivity index (χ3v) is 3.99. The van der Waals surface area contributed by atoms with Crippen LogP contribution in [0.5, 0.6) is 0 Å². The van der Waals surface area contributed by atoms with Crippen LogP contribution in [0.25, 0.3) is 17.1 Å². The molecule has 2 heterocycles. The number of carbonyl (C=O) groups excluding carboxylic acids is 2. The van der Waals surface area contributed by atoms with Gasteiger partial charge in [0.1, 0.15) is 6.04 Å². The van der Waals surface area contributed by atoms with Crippen molar-refractivity contribution in [3.63, 3.8) is 0 Å². The van der Waals surface area contributed by atoms with E-state index in [-0.39, 0.29) is 18.0 Å². The lowest BCUT2D eigenvalue weighted by Crippen LogP contribution is -2.44. The Morgan fingerprint density at radius 2 is 2.00 bits per heavy atom. The van der Waals surface area contributed by atoms with Crippen LogP contribution < -0.4 is 11.0 Å². The smallest absolute Gasteiger partial charge is 0.295 e. The van der Waals surface area contributed by atoms with Crippen molar-refractivity contribution in [3.05, 3.63) is 40.3 Å². The predicted octanol–water partition coefficient (Wildman–Crippen LogP) is 1.35. The lowest BCUT2D eigenvalue weighted by molar-refractivity contribution is -0.135. The third-order valence-electron chi connectivity index (χ3n) is 3.99. The maximum Gasteiger partial charge on any atom is 0.329 e. The van der Waals surface area contributed by atoms with Crippen LogP contribution in [0.15, 0.2) is 29.1 Å². The van der Waals surface area contributed by atoms with Gasteiger partial charge in [-0.3, -0.25) is 24.0 Å². The van der Waals surface area contributed by atoms with Gasteiger partial charge in [0.15, 0.2) is 0 Å². The number of aryl methyl sites for hydroxylation is 1. The largest absolute Gasteiger partial charge is 0.329 e. The molecule has 0 saturated carbocycles. The van der Waals surface area contributed by atoms with Gasteiger partial charge in [-0.25, -0.2) is 4.79 Å². The van der Waals surface area contributed by atoms with Crippen molar-refractivity contribution in [2.45, 2.75) is 25.8 Å². The summed E-state index contributed by atoms with van der Waals surface area (Å²) in [7, 11) is 1.69. The first-order chi connectivity index (χ1) is 10.5. The van der Waals surface area contributed by atoms with Crippen LogP contribution in [0.1, 0.15) is 31.4 Å². The van der Waals surface area contributed by atoms with Crippen LogP contribution in [0.3, 0.4) is 0 Å². The van der Waals surface area contributed by atoms with Crippen molar-refractivity contribution in [1.82, 2.24) is 14.5 Å². The number of hydrogen-bond donors (Lipinski definition) is 1. The van der Waals surface area contributed by atoms with Crippen molar-refractivity contribution in [3.8, 4) is 0 Å². The second kappa shape index (κ2) is 5.29. The zero-order valence-corrected chi connectivity index (χ0v) is 12.5. The number of rotatable bonds is 2. The van der Waals surface area contributed by atoms with E-state index in [4.69, 9.17) is 0 Å². The number of fused-ring (bicyclic) bond motifs is 1. The van der Waals surface area contributed by atoms with Gasteiger partial charge in [-0.15, -0.1) is 0 Å². The minimum atomic E-state index is -0.638. The first-order valence-electron chi connectivity index (χ1n) is 7.20. The second-order valence-corrected chi connectivity index (χ2v) is 5.43. The Morgan fingerprint density at radius 1 is 1.23 bits per heavy atom. The number of allylic oxidation sites excluding steroid dienone is 1. The lowest BCUT2D eigenvalue weighted by Gasteiger charge is -2.21. The third kappa shape index (κ3) is 2.16. The van der Waals surface area contributed by atoms with Crippen molar-refractivity contribution < 1.29 is 9.59 Å². The van der Waals surface area contributed by atoms with Crippen LogP contribution in [-0.2, 0) is 16.6 Å². The van der Waals surface area contributed by atoms with E-state index in [1.807, 2.05) is 37.3 Å². The van der Waals surface area contributed by atoms with E-state index in [1.165, 1.54) is 9.13 Å². The van der Waals surface area contributed by atoms with E-state index < -0.39 is 11.9 Å². The van der Waals surface area contributed by atoms with Crippen LogP contribution in [-0.4, -0.2) is 20.9 Å². The average Bonchev–Trinajstić information content (AvgIpc) is 2.72. The molecule has 2 amide bonds. The predicted molar refractivity (Wildman–Crippen MR) is 83.3 cm³/mol. The summed E-state index contributed by atoms with van der Waals surface area (Å²) in [6.45, 7) is 1.93. The van der Waals surface area contributed by atoms with Gasteiger partial charge in [0.05, 0.1) is 11.0 Å². The van der Waals surface area contributed by atoms with E-state index in [0.717, 1.165) is 11.1 Å². The molecule has 0 spiro atoms. The Kier molecular flexibility index (Phi) is 3.44. The molecular weight excluding hydrogens is 282 g/mol. The number of carbonyl (C=O) groups is 2. The minimum absolute atomic E-state index is 0.246. The summed E-state index contributed by atoms with van der Waals surface area (Å²) in [5.41, 5.74) is 2.22. The average molecular weight is 299 g/mol. The van der Waals surface area contributed by atoms with E-state index >= 15 is 0 Å². The molecule has 6 heteroatoms. The van der Waals surface area contributed by atoms with Crippen LogP contribution in [0.2, 0.25) is 0 Å². The highest BCUT2D eigenvalue weighted by Gasteiger charge is 2.31. The Bertz CT molecular complexity index is 857. The highest BCUT2D eigenvalue weighted by molar-refractivity contribution is 6.00. The van der Waals surface area contributed by atoms with E-state index in [2.05, 4.69) is 5.32 Å². The number of nitrogens with one attached hydrogen (secondary N) is 1. The standard InChI is InChI=1S/C16H17N3O3/c1-3-4-10-5-6-11-13(9-10)18(2)16(22)19(11)12-7-8-14(20)17-15(12)21/h3-6,9,12H,7-8H2,1-2H3,(H,17,20,21)/b4-3+. The van der Waals surface area contributed by atoms with Crippen molar-refractivity contribution in [1.29, 1.82) is 0 Å². The lowest BCUT2D eigenvalue weighted by atomic mass is 10.1. The van der Waals surface area contributed by atoms with Gasteiger partial charge in [-0.2, -0.15) is 0 Å². The second-order valence-electron chi connectivity index (χ2n) is 5.43. The SMILES string of the molecule is C/C=C/c1ccc2c(c1)n(C)c(=O)n2C1CCC(=O)NC1=O.